The Balaban J connectivity index is 1.30. The number of anilines is 1. The average molecular weight is 720 g/mol. The van der Waals surface area contributed by atoms with Gasteiger partial charge >= 0.3 is 17.9 Å². The van der Waals surface area contributed by atoms with Crippen molar-refractivity contribution in [1.29, 1.82) is 0 Å². The van der Waals surface area contributed by atoms with E-state index in [1.54, 1.807) is 60.6 Å². The van der Waals surface area contributed by atoms with Crippen LogP contribution in [0.1, 0.15) is 65.8 Å². The van der Waals surface area contributed by atoms with Crippen LogP contribution in [0.3, 0.4) is 0 Å². The minimum Gasteiger partial charge on any atom is -0.493 e. The third-order valence-electron chi connectivity index (χ3n) is 7.81. The maximum Gasteiger partial charge on any atom is 0.343 e. The lowest BCUT2D eigenvalue weighted by Crippen LogP contribution is -2.12. The molecule has 0 saturated carbocycles. The number of aromatic nitrogens is 1. The summed E-state index contributed by atoms with van der Waals surface area (Å²) < 4.78 is 23.1. The van der Waals surface area contributed by atoms with E-state index in [4.69, 9.17) is 18.9 Å². The van der Waals surface area contributed by atoms with Gasteiger partial charge in [-0.15, -0.1) is 0 Å². The first kappa shape index (κ1) is 37.4. The van der Waals surface area contributed by atoms with Crippen molar-refractivity contribution in [3.05, 3.63) is 120 Å². The first-order valence-electron chi connectivity index (χ1n) is 17.0. The summed E-state index contributed by atoms with van der Waals surface area (Å²) >= 11 is 1.52. The second-order valence-electron chi connectivity index (χ2n) is 11.9. The number of hydrogen-bond donors (Lipinski definition) is 0. The highest BCUT2D eigenvalue weighted by Gasteiger charge is 2.15. The van der Waals surface area contributed by atoms with Gasteiger partial charge in [-0.1, -0.05) is 68.0 Å². The van der Waals surface area contributed by atoms with E-state index in [0.717, 1.165) is 40.6 Å². The molecule has 0 fully saturated rings. The summed E-state index contributed by atoms with van der Waals surface area (Å²) in [5, 5.41) is 7.02. The zero-order chi connectivity index (χ0) is 36.9. The highest BCUT2D eigenvalue weighted by Crippen LogP contribution is 2.30. The lowest BCUT2D eigenvalue weighted by Gasteiger charge is -2.12. The number of carbonyl (C=O) groups excluding carboxylic acids is 3. The molecule has 0 spiro atoms. The normalized spacial score (nSPS) is 11.0. The van der Waals surface area contributed by atoms with Crippen LogP contribution in [0.2, 0.25) is 0 Å². The van der Waals surface area contributed by atoms with Crippen LogP contribution in [0, 0.1) is 0 Å². The lowest BCUT2D eigenvalue weighted by atomic mass is 10.0. The van der Waals surface area contributed by atoms with Crippen molar-refractivity contribution in [2.24, 2.45) is 5.10 Å². The number of thiazole rings is 1. The molecule has 5 rings (SSSR count). The molecule has 0 bridgehead atoms. The molecule has 52 heavy (non-hydrogen) atoms. The third-order valence-corrected chi connectivity index (χ3v) is 8.91. The summed E-state index contributed by atoms with van der Waals surface area (Å²) in [7, 11) is 1.81. The number of carbonyl (C=O) groups is 3. The number of rotatable bonds is 17. The zero-order valence-corrected chi connectivity index (χ0v) is 30.3. The van der Waals surface area contributed by atoms with Crippen LogP contribution in [0.15, 0.2) is 108 Å². The minimum absolute atomic E-state index is 0.218. The van der Waals surface area contributed by atoms with Gasteiger partial charge in [0.25, 0.3) is 0 Å². The van der Waals surface area contributed by atoms with Gasteiger partial charge in [-0.05, 0) is 85.1 Å². The maximum absolute atomic E-state index is 13.3. The zero-order valence-electron chi connectivity index (χ0n) is 29.5. The number of hydrazone groups is 1. The standard InChI is InChI=1S/C41H41N3O7S/c1-5-6-9-23-50-39(46)30-15-13-29(14-16-30)32-19-22-36(33(26-32)27-42-44(4)41-43-35-11-7-8-12-37(35)52-41)51-40(47)31-17-20-34(21-18-31)48-24-10-25-49-38(45)28(2)3/h7-8,11-22,26-27H,2,5-6,9-10,23-25H2,1,3-4H3/b42-27+. The molecule has 0 saturated heterocycles. The molecule has 0 aliphatic rings. The van der Waals surface area contributed by atoms with E-state index in [9.17, 15) is 14.4 Å². The monoisotopic (exact) mass is 719 g/mol. The summed E-state index contributed by atoms with van der Waals surface area (Å²) in [5.41, 5.74) is 4.30. The fourth-order valence-electron chi connectivity index (χ4n) is 4.90. The van der Waals surface area contributed by atoms with Gasteiger partial charge in [0.2, 0.25) is 5.13 Å². The second kappa shape index (κ2) is 18.4. The van der Waals surface area contributed by atoms with E-state index in [0.29, 0.717) is 58.5 Å². The van der Waals surface area contributed by atoms with Gasteiger partial charge in [0.05, 0.1) is 47.4 Å². The van der Waals surface area contributed by atoms with E-state index in [2.05, 4.69) is 23.6 Å². The Kier molecular flexibility index (Phi) is 13.3. The Morgan fingerprint density at radius 1 is 0.827 bits per heavy atom. The second-order valence-corrected chi connectivity index (χ2v) is 12.9. The molecule has 1 aromatic heterocycles. The number of unbranched alkanes of at least 4 members (excludes halogenated alkanes) is 2. The van der Waals surface area contributed by atoms with E-state index < -0.39 is 11.9 Å². The van der Waals surface area contributed by atoms with Crippen LogP contribution in [-0.4, -0.2) is 56.0 Å². The molecule has 0 radical (unpaired) electrons. The van der Waals surface area contributed by atoms with Gasteiger partial charge in [0.15, 0.2) is 0 Å². The maximum atomic E-state index is 13.3. The molecule has 1 heterocycles. The Morgan fingerprint density at radius 3 is 2.25 bits per heavy atom. The van der Waals surface area contributed by atoms with Gasteiger partial charge in [-0.2, -0.15) is 5.10 Å². The summed E-state index contributed by atoms with van der Waals surface area (Å²) in [4.78, 5) is 42.0. The molecule has 10 nitrogen and oxygen atoms in total. The first-order valence-corrected chi connectivity index (χ1v) is 17.9. The van der Waals surface area contributed by atoms with Crippen molar-refractivity contribution in [2.75, 3.05) is 31.9 Å². The molecule has 11 heteroatoms. The fourth-order valence-corrected chi connectivity index (χ4v) is 5.79. The van der Waals surface area contributed by atoms with Crippen molar-refractivity contribution in [3.63, 3.8) is 0 Å². The predicted octanol–water partition coefficient (Wildman–Crippen LogP) is 8.89. The van der Waals surface area contributed by atoms with Crippen molar-refractivity contribution < 1.29 is 33.3 Å². The van der Waals surface area contributed by atoms with Crippen LogP contribution in [0.5, 0.6) is 11.5 Å². The first-order chi connectivity index (χ1) is 25.2. The van der Waals surface area contributed by atoms with Gasteiger partial charge in [-0.25, -0.2) is 24.4 Å². The van der Waals surface area contributed by atoms with Crippen LogP contribution < -0.4 is 14.5 Å². The highest BCUT2D eigenvalue weighted by molar-refractivity contribution is 7.22. The predicted molar refractivity (Wildman–Crippen MR) is 205 cm³/mol. The van der Waals surface area contributed by atoms with E-state index in [-0.39, 0.29) is 12.6 Å². The highest BCUT2D eigenvalue weighted by atomic mass is 32.1. The van der Waals surface area contributed by atoms with Crippen molar-refractivity contribution in [2.45, 2.75) is 39.5 Å². The van der Waals surface area contributed by atoms with Crippen molar-refractivity contribution in [3.8, 4) is 22.6 Å². The summed E-state index contributed by atoms with van der Waals surface area (Å²) in [5.74, 6) is -0.461. The molecule has 5 aromatic rings. The SMILES string of the molecule is C=C(C)C(=O)OCCCOc1ccc(C(=O)Oc2ccc(-c3ccc(C(=O)OCCCCC)cc3)cc2/C=N/N(C)c2nc3ccccc3s2)cc1. The summed E-state index contributed by atoms with van der Waals surface area (Å²) in [6, 6.07) is 27.1. The van der Waals surface area contributed by atoms with E-state index in [1.165, 1.54) is 11.3 Å². The number of nitrogens with zero attached hydrogens (tertiary/aromatic N) is 3. The molecule has 268 valence electrons. The Hall–Kier alpha value is -5.81. The van der Waals surface area contributed by atoms with Crippen LogP contribution in [0.4, 0.5) is 5.13 Å². The van der Waals surface area contributed by atoms with Gasteiger partial charge in [0, 0.05) is 24.6 Å². The minimum atomic E-state index is -0.554. The smallest absolute Gasteiger partial charge is 0.343 e. The summed E-state index contributed by atoms with van der Waals surface area (Å²) in [6.45, 7) is 8.20. The Labute approximate surface area is 307 Å². The number of para-hydroxylation sites is 1. The molecular weight excluding hydrogens is 679 g/mol. The molecular formula is C41H41N3O7S. The molecule has 0 unspecified atom stereocenters. The van der Waals surface area contributed by atoms with E-state index >= 15 is 0 Å². The van der Waals surface area contributed by atoms with Crippen molar-refractivity contribution >= 4 is 50.8 Å². The van der Waals surface area contributed by atoms with Gasteiger partial charge < -0.3 is 18.9 Å². The fraction of sp³-hybridized carbons (Fsp3) is 0.244. The quantitative estimate of drug-likeness (QED) is 0.0232. The van der Waals surface area contributed by atoms with Crippen LogP contribution in [-0.2, 0) is 14.3 Å². The van der Waals surface area contributed by atoms with Gasteiger partial charge in [0.1, 0.15) is 11.5 Å². The number of fused-ring (bicyclic) bond motifs is 1. The number of hydrogen-bond acceptors (Lipinski definition) is 11. The number of benzene rings is 4. The van der Waals surface area contributed by atoms with Crippen LogP contribution >= 0.6 is 11.3 Å². The lowest BCUT2D eigenvalue weighted by molar-refractivity contribution is -0.139. The molecule has 0 N–H and O–H groups in total. The van der Waals surface area contributed by atoms with E-state index in [1.807, 2.05) is 55.6 Å². The molecule has 0 aliphatic carbocycles. The van der Waals surface area contributed by atoms with Gasteiger partial charge in [-0.3, -0.25) is 0 Å². The number of esters is 3. The third kappa shape index (κ3) is 10.4. The van der Waals surface area contributed by atoms with Crippen molar-refractivity contribution in [1.82, 2.24) is 4.98 Å². The average Bonchev–Trinajstić information content (AvgIpc) is 3.61. The molecule has 0 aliphatic heterocycles. The molecule has 0 atom stereocenters. The molecule has 0 amide bonds. The largest absolute Gasteiger partial charge is 0.493 e. The Bertz CT molecular complexity index is 2010. The number of ether oxygens (including phenoxy) is 4. The Morgan fingerprint density at radius 2 is 1.52 bits per heavy atom. The van der Waals surface area contributed by atoms with Crippen LogP contribution in [0.25, 0.3) is 21.3 Å². The topological polar surface area (TPSA) is 117 Å². The summed E-state index contributed by atoms with van der Waals surface area (Å²) in [6.07, 6.45) is 5.04. The molecule has 4 aromatic carbocycles.